The van der Waals surface area contributed by atoms with Gasteiger partial charge in [-0.05, 0) is 15.9 Å². The fourth-order valence-corrected chi connectivity index (χ4v) is 6.61. The third kappa shape index (κ3) is 8.89. The molecular weight excluding hydrogens is 779 g/mol. The zero-order valence-corrected chi connectivity index (χ0v) is 29.2. The van der Waals surface area contributed by atoms with Crippen molar-refractivity contribution in [3.63, 3.8) is 0 Å². The van der Waals surface area contributed by atoms with Gasteiger partial charge in [0.1, 0.15) is 32.3 Å². The summed E-state index contributed by atoms with van der Waals surface area (Å²) in [6, 6.07) is 0. The van der Waals surface area contributed by atoms with Crippen LogP contribution in [0.15, 0.2) is 36.0 Å². The third-order valence-corrected chi connectivity index (χ3v) is 9.19. The molecule has 4 N–H and O–H groups in total. The number of methoxy groups -OCH3 is 1. The van der Waals surface area contributed by atoms with E-state index in [1.165, 1.54) is 7.11 Å². The monoisotopic (exact) mass is 805 g/mol. The molecule has 19 nitrogen and oxygen atoms in total. The van der Waals surface area contributed by atoms with Crippen molar-refractivity contribution in [1.29, 1.82) is 0 Å². The van der Waals surface area contributed by atoms with Gasteiger partial charge in [0, 0.05) is 76.3 Å². The van der Waals surface area contributed by atoms with E-state index in [-0.39, 0.29) is 43.6 Å². The number of rotatable bonds is 11. The molecule has 44 heavy (non-hydrogen) atoms. The number of phosphoric acid groups is 1. The second-order valence-electron chi connectivity index (χ2n) is 9.85. The molecule has 0 aromatic carbocycles. The first-order chi connectivity index (χ1) is 20.0. The van der Waals surface area contributed by atoms with Crippen LogP contribution in [0, 0.1) is 5.92 Å². The van der Waals surface area contributed by atoms with Gasteiger partial charge in [0.15, 0.2) is 0 Å². The summed E-state index contributed by atoms with van der Waals surface area (Å²) in [7, 11) is -8.65. The van der Waals surface area contributed by atoms with Crippen LogP contribution in [0.2, 0.25) is 0 Å². The molecule has 2 aliphatic rings. The molecule has 2 aromatic rings. The Morgan fingerprint density at radius 1 is 1.02 bits per heavy atom. The van der Waals surface area contributed by atoms with Gasteiger partial charge in [-0.25, -0.2) is 9.59 Å². The van der Waals surface area contributed by atoms with Crippen molar-refractivity contribution in [1.82, 2.24) is 19.1 Å². The Bertz CT molecular complexity index is 1670. The minimum Gasteiger partial charge on any atom is -0.778 e. The van der Waals surface area contributed by atoms with E-state index in [1.807, 2.05) is 4.98 Å². The van der Waals surface area contributed by atoms with Gasteiger partial charge >= 0.3 is 11.4 Å². The van der Waals surface area contributed by atoms with E-state index in [9.17, 15) is 43.2 Å². The van der Waals surface area contributed by atoms with Crippen LogP contribution in [-0.2, 0) is 71.3 Å². The van der Waals surface area contributed by atoms with Crippen LogP contribution in [0.25, 0.3) is 0 Å². The number of hydrogen-bond acceptors (Lipinski definition) is 14. The zero-order chi connectivity index (χ0) is 31.9. The molecule has 4 rings (SSSR count). The smallest absolute Gasteiger partial charge is 0.330 e. The Labute approximate surface area is 280 Å². The molecule has 1 radical (unpaired) electrons. The number of phosphoric ester groups is 1. The van der Waals surface area contributed by atoms with Crippen LogP contribution >= 0.6 is 31.3 Å². The van der Waals surface area contributed by atoms with Crippen LogP contribution in [0.4, 0.5) is 0 Å². The molecule has 0 bridgehead atoms. The molecule has 9 unspecified atom stereocenters. The molecule has 0 aliphatic carbocycles. The Hall–Kier alpha value is -0.956. The van der Waals surface area contributed by atoms with E-state index in [2.05, 4.69) is 25.4 Å². The van der Waals surface area contributed by atoms with Crippen molar-refractivity contribution >= 4 is 31.3 Å². The van der Waals surface area contributed by atoms with Gasteiger partial charge in [0.05, 0.1) is 29.9 Å². The molecule has 23 heteroatoms. The van der Waals surface area contributed by atoms with E-state index >= 15 is 0 Å². The first-order valence-corrected chi connectivity index (χ1v) is 16.5. The topological polar surface area (TPSA) is 277 Å². The van der Waals surface area contributed by atoms with Crippen molar-refractivity contribution in [2.45, 2.75) is 56.4 Å². The predicted octanol–water partition coefficient (Wildman–Crippen LogP) is -2.41. The van der Waals surface area contributed by atoms with Crippen LogP contribution < -0.4 is 32.3 Å². The molecule has 2 fully saturated rings. The van der Waals surface area contributed by atoms with Gasteiger partial charge in [-0.3, -0.25) is 33.3 Å². The van der Waals surface area contributed by atoms with Crippen LogP contribution in [0.3, 0.4) is 0 Å². The van der Waals surface area contributed by atoms with Crippen LogP contribution in [0.5, 0.6) is 0 Å². The van der Waals surface area contributed by atoms with Gasteiger partial charge in [-0.2, -0.15) is 0 Å². The van der Waals surface area contributed by atoms with E-state index in [4.69, 9.17) is 23.6 Å². The van der Waals surface area contributed by atoms with Gasteiger partial charge in [0.25, 0.3) is 18.9 Å². The number of halogens is 1. The summed E-state index contributed by atoms with van der Waals surface area (Å²) < 4.78 is 51.7. The molecule has 243 valence electrons. The second-order valence-corrected chi connectivity index (χ2v) is 13.7. The fourth-order valence-electron chi connectivity index (χ4n) is 4.85. The number of aromatic amines is 2. The summed E-state index contributed by atoms with van der Waals surface area (Å²) in [5.41, 5.74) is -3.88. The number of aromatic nitrogens is 4. The normalized spacial score (nSPS) is 29.6. The second kappa shape index (κ2) is 14.9. The summed E-state index contributed by atoms with van der Waals surface area (Å²) in [4.78, 5) is 85.5. The van der Waals surface area contributed by atoms with E-state index in [0.29, 0.717) is 0 Å². The number of hydrogen-bond donors (Lipinski definition) is 4. The molecule has 2 aromatic heterocycles. The molecule has 9 atom stereocenters. The molecule has 0 amide bonds. The average molecular weight is 806 g/mol. The van der Waals surface area contributed by atoms with E-state index in [0.717, 1.165) is 21.5 Å². The molecule has 0 saturated carbocycles. The summed E-state index contributed by atoms with van der Waals surface area (Å²) >= 11 is 2.99. The predicted molar refractivity (Wildman–Crippen MR) is 142 cm³/mol. The standard InChI is InChI=1S/C21H29BrN4O15P2.Y/c1-9-16(37-2)14(7-39-43(34,35)36)41-19(9)26-4-10(17(28)23-21(26)31)8-42(32,33)38-6-13-12(27)3-15(40-13)25-5-11(22)18(29)24-20(25)30;/h4-5,9,12-16,19,27H,3,6-8H2,1-2H3,(H,32,33)(H,23,28,31)(H,24,29,30)(H2,34,35,36);/p-2. The number of nitrogens with one attached hydrogen (secondary N) is 2. The molecular formula is C21H27BrN4O15P2Y-2. The molecule has 2 saturated heterocycles. The summed E-state index contributed by atoms with van der Waals surface area (Å²) in [6.07, 6.45) is -5.52. The van der Waals surface area contributed by atoms with Crippen molar-refractivity contribution in [2.24, 2.45) is 5.92 Å². The van der Waals surface area contributed by atoms with Crippen molar-refractivity contribution in [3.8, 4) is 0 Å². The SMILES string of the molecule is COC1C(COP(=O)([O-])O)OC(n2cc(CP(=O)([O-])OCC3OC(n4cc(Br)c(=O)[nH]c4=O)CC3O)c(=O)[nH]c2=O)C1C.[Y]. The Balaban J connectivity index is 0.00000529. The van der Waals surface area contributed by atoms with Crippen LogP contribution in [0.1, 0.15) is 31.4 Å². The number of H-pyrrole nitrogens is 2. The minimum absolute atomic E-state index is 0. The Morgan fingerprint density at radius 2 is 1.64 bits per heavy atom. The first kappa shape index (κ1) is 37.5. The third-order valence-electron chi connectivity index (χ3n) is 6.88. The minimum atomic E-state index is -5.09. The maximum absolute atomic E-state index is 12.8. The van der Waals surface area contributed by atoms with Crippen molar-refractivity contribution < 1.29 is 84.9 Å². The summed E-state index contributed by atoms with van der Waals surface area (Å²) in [6.45, 7) is 0.270. The maximum Gasteiger partial charge on any atom is 0.330 e. The number of aliphatic hydroxyl groups excluding tert-OH is 1. The largest absolute Gasteiger partial charge is 0.778 e. The number of nitrogens with zero attached hydrogens (tertiary/aromatic N) is 2. The van der Waals surface area contributed by atoms with Gasteiger partial charge in [0.2, 0.25) is 0 Å². The average Bonchev–Trinajstić information content (AvgIpc) is 3.43. The van der Waals surface area contributed by atoms with Crippen molar-refractivity contribution in [3.05, 3.63) is 64.1 Å². The number of ether oxygens (including phenoxy) is 3. The first-order valence-electron chi connectivity index (χ1n) is 12.5. The van der Waals surface area contributed by atoms with Gasteiger partial charge < -0.3 is 47.6 Å². The van der Waals surface area contributed by atoms with Gasteiger partial charge in [-0.1, -0.05) is 6.92 Å². The number of aliphatic hydroxyl groups is 1. The quantitative estimate of drug-likeness (QED) is 0.172. The summed E-state index contributed by atoms with van der Waals surface area (Å²) in [5.74, 6) is -0.639. The van der Waals surface area contributed by atoms with Crippen molar-refractivity contribution in [2.75, 3.05) is 20.3 Å². The van der Waals surface area contributed by atoms with E-state index in [1.54, 1.807) is 6.92 Å². The molecule has 0 spiro atoms. The Kier molecular flexibility index (Phi) is 12.7. The van der Waals surface area contributed by atoms with Crippen LogP contribution in [-0.4, -0.2) is 73.8 Å². The zero-order valence-electron chi connectivity index (χ0n) is 23.0. The maximum atomic E-state index is 12.8. The van der Waals surface area contributed by atoms with E-state index < -0.39 is 106 Å². The van der Waals surface area contributed by atoms with Gasteiger partial charge in [-0.15, -0.1) is 0 Å². The molecule has 2 aliphatic heterocycles. The fraction of sp³-hybridized carbons (Fsp3) is 0.619. The Morgan fingerprint density at radius 3 is 2.27 bits per heavy atom. The molecule has 4 heterocycles. The summed E-state index contributed by atoms with van der Waals surface area (Å²) in [5, 5.41) is 10.4.